The van der Waals surface area contributed by atoms with Gasteiger partial charge >= 0.3 is 0 Å². The Hall–Kier alpha value is -2.62. The summed E-state index contributed by atoms with van der Waals surface area (Å²) >= 11 is 0. The van der Waals surface area contributed by atoms with E-state index in [9.17, 15) is 9.59 Å². The van der Waals surface area contributed by atoms with Gasteiger partial charge < -0.3 is 10.2 Å². The molecule has 2 fully saturated rings. The van der Waals surface area contributed by atoms with Crippen LogP contribution in [0.4, 0.5) is 0 Å². The molecule has 1 N–H and O–H groups in total. The van der Waals surface area contributed by atoms with Crippen molar-refractivity contribution in [3.8, 4) is 11.1 Å². The monoisotopic (exact) mass is 432 g/mol. The molecular weight excluding hydrogens is 396 g/mol. The number of nitrogens with one attached hydrogen (secondary N) is 1. The molecule has 0 spiro atoms. The Morgan fingerprint density at radius 3 is 2.22 bits per heavy atom. The average Bonchev–Trinajstić information content (AvgIpc) is 2.73. The van der Waals surface area contributed by atoms with E-state index in [4.69, 9.17) is 0 Å². The van der Waals surface area contributed by atoms with Crippen LogP contribution in [0.5, 0.6) is 0 Å². The lowest BCUT2D eigenvalue weighted by Gasteiger charge is -2.43. The minimum atomic E-state index is -0.487. The van der Waals surface area contributed by atoms with Crippen molar-refractivity contribution in [3.05, 3.63) is 59.7 Å². The average molecular weight is 433 g/mol. The molecule has 4 nitrogen and oxygen atoms in total. The highest BCUT2D eigenvalue weighted by atomic mass is 16.2. The van der Waals surface area contributed by atoms with Crippen LogP contribution in [0.15, 0.2) is 48.5 Å². The maximum absolute atomic E-state index is 13.5. The summed E-state index contributed by atoms with van der Waals surface area (Å²) in [5, 5.41) is 3.19. The molecule has 1 aliphatic heterocycles. The summed E-state index contributed by atoms with van der Waals surface area (Å²) in [6.45, 7) is 7.52. The van der Waals surface area contributed by atoms with Crippen LogP contribution in [-0.2, 0) is 16.0 Å². The molecule has 1 heterocycles. The number of carbonyl (C=O) groups excluding carboxylic acids is 2. The van der Waals surface area contributed by atoms with Crippen molar-refractivity contribution in [2.45, 2.75) is 65.3 Å². The van der Waals surface area contributed by atoms with E-state index < -0.39 is 5.41 Å². The lowest BCUT2D eigenvalue weighted by atomic mass is 9.71. The van der Waals surface area contributed by atoms with Crippen molar-refractivity contribution in [1.82, 2.24) is 10.2 Å². The zero-order valence-corrected chi connectivity index (χ0v) is 19.7. The molecule has 0 unspecified atom stereocenters. The van der Waals surface area contributed by atoms with Crippen molar-refractivity contribution >= 4 is 11.8 Å². The van der Waals surface area contributed by atoms with Gasteiger partial charge in [-0.3, -0.25) is 9.59 Å². The minimum absolute atomic E-state index is 0.0978. The van der Waals surface area contributed by atoms with Crippen molar-refractivity contribution < 1.29 is 9.59 Å². The standard InChI is InChI=1S/C28H36N2O2/c1-20(2)29-27(32)28(15-17-30(18-16-28)26(31)22-11-8-12-22)19-23-10-5-7-14-25(23)24-13-6-4-9-21(24)3/h4-7,9-10,13-14,20,22H,8,11-12,15-19H2,1-3H3,(H,29,32). The van der Waals surface area contributed by atoms with Gasteiger partial charge in [-0.25, -0.2) is 0 Å². The van der Waals surface area contributed by atoms with Gasteiger partial charge in [-0.2, -0.15) is 0 Å². The van der Waals surface area contributed by atoms with E-state index in [1.54, 1.807) is 0 Å². The van der Waals surface area contributed by atoms with Crippen molar-refractivity contribution in [2.75, 3.05) is 13.1 Å². The Morgan fingerprint density at radius 1 is 1.00 bits per heavy atom. The number of rotatable bonds is 6. The molecule has 2 aromatic rings. The Morgan fingerprint density at radius 2 is 1.62 bits per heavy atom. The number of hydrogen-bond donors (Lipinski definition) is 1. The lowest BCUT2D eigenvalue weighted by molar-refractivity contribution is -0.145. The van der Waals surface area contributed by atoms with Gasteiger partial charge in [0.2, 0.25) is 11.8 Å². The number of amides is 2. The Labute approximate surface area is 192 Å². The molecule has 32 heavy (non-hydrogen) atoms. The van der Waals surface area contributed by atoms with Crippen LogP contribution in [0.25, 0.3) is 11.1 Å². The third-order valence-electron chi connectivity index (χ3n) is 7.37. The normalized spacial score (nSPS) is 18.3. The molecule has 0 bridgehead atoms. The number of piperidine rings is 1. The van der Waals surface area contributed by atoms with Crippen LogP contribution < -0.4 is 5.32 Å². The molecule has 0 radical (unpaired) electrons. The second-order valence-electron chi connectivity index (χ2n) is 10.0. The van der Waals surface area contributed by atoms with Gasteiger partial charge in [-0.05, 0) is 75.1 Å². The molecule has 2 amide bonds. The van der Waals surface area contributed by atoms with Crippen LogP contribution >= 0.6 is 0 Å². The van der Waals surface area contributed by atoms with E-state index in [2.05, 4.69) is 60.8 Å². The first kappa shape index (κ1) is 22.6. The van der Waals surface area contributed by atoms with E-state index in [0.717, 1.165) is 12.8 Å². The molecule has 2 aromatic carbocycles. The summed E-state index contributed by atoms with van der Waals surface area (Å²) in [6, 6.07) is 17.0. The fourth-order valence-corrected chi connectivity index (χ4v) is 5.14. The van der Waals surface area contributed by atoms with Crippen LogP contribution in [0.3, 0.4) is 0 Å². The molecule has 4 rings (SSSR count). The largest absolute Gasteiger partial charge is 0.353 e. The van der Waals surface area contributed by atoms with Crippen LogP contribution in [0.2, 0.25) is 0 Å². The van der Waals surface area contributed by atoms with E-state index in [1.165, 1.54) is 28.7 Å². The molecule has 1 saturated heterocycles. The summed E-state index contributed by atoms with van der Waals surface area (Å²) in [5.74, 6) is 0.644. The van der Waals surface area contributed by atoms with Crippen LogP contribution in [-0.4, -0.2) is 35.8 Å². The zero-order valence-electron chi connectivity index (χ0n) is 19.7. The SMILES string of the molecule is Cc1ccccc1-c1ccccc1CC1(C(=O)NC(C)C)CCN(C(=O)C2CCC2)CC1. The maximum Gasteiger partial charge on any atom is 0.226 e. The minimum Gasteiger partial charge on any atom is -0.353 e. The van der Waals surface area contributed by atoms with Gasteiger partial charge in [-0.15, -0.1) is 0 Å². The highest BCUT2D eigenvalue weighted by Gasteiger charge is 2.44. The predicted octanol–water partition coefficient (Wildman–Crippen LogP) is 5.14. The summed E-state index contributed by atoms with van der Waals surface area (Å²) < 4.78 is 0. The van der Waals surface area contributed by atoms with Crippen LogP contribution in [0.1, 0.15) is 57.1 Å². The zero-order chi connectivity index (χ0) is 22.7. The van der Waals surface area contributed by atoms with Crippen LogP contribution in [0, 0.1) is 18.3 Å². The quantitative estimate of drug-likeness (QED) is 0.687. The summed E-state index contributed by atoms with van der Waals surface area (Å²) in [4.78, 5) is 28.3. The van der Waals surface area contributed by atoms with Gasteiger partial charge in [0.1, 0.15) is 0 Å². The molecule has 1 saturated carbocycles. The van der Waals surface area contributed by atoms with E-state index >= 15 is 0 Å². The second-order valence-corrected chi connectivity index (χ2v) is 10.0. The number of benzene rings is 2. The molecule has 1 aliphatic carbocycles. The van der Waals surface area contributed by atoms with Gasteiger partial charge in [0.15, 0.2) is 0 Å². The fourth-order valence-electron chi connectivity index (χ4n) is 5.14. The molecule has 0 atom stereocenters. The number of hydrogen-bond acceptors (Lipinski definition) is 2. The smallest absolute Gasteiger partial charge is 0.226 e. The van der Waals surface area contributed by atoms with E-state index in [1.807, 2.05) is 18.7 Å². The third-order valence-corrected chi connectivity index (χ3v) is 7.37. The Bertz CT molecular complexity index is 969. The van der Waals surface area contributed by atoms with Crippen molar-refractivity contribution in [1.29, 1.82) is 0 Å². The maximum atomic E-state index is 13.5. The molecule has 170 valence electrons. The molecule has 0 aromatic heterocycles. The van der Waals surface area contributed by atoms with Gasteiger partial charge in [0.05, 0.1) is 5.41 Å². The molecule has 2 aliphatic rings. The fraction of sp³-hybridized carbons (Fsp3) is 0.500. The Balaban J connectivity index is 1.61. The summed E-state index contributed by atoms with van der Waals surface area (Å²) in [6.07, 6.45) is 5.34. The van der Waals surface area contributed by atoms with Gasteiger partial charge in [0, 0.05) is 25.0 Å². The first-order valence-electron chi connectivity index (χ1n) is 12.1. The first-order chi connectivity index (χ1) is 15.4. The third kappa shape index (κ3) is 4.60. The summed E-state index contributed by atoms with van der Waals surface area (Å²) in [7, 11) is 0. The summed E-state index contributed by atoms with van der Waals surface area (Å²) in [5.41, 5.74) is 4.39. The predicted molar refractivity (Wildman–Crippen MR) is 129 cm³/mol. The van der Waals surface area contributed by atoms with E-state index in [-0.39, 0.29) is 17.9 Å². The highest BCUT2D eigenvalue weighted by Crippen LogP contribution is 2.40. The second kappa shape index (κ2) is 9.48. The van der Waals surface area contributed by atoms with E-state index in [0.29, 0.717) is 38.3 Å². The lowest BCUT2D eigenvalue weighted by Crippen LogP contribution is -2.53. The number of nitrogens with zero attached hydrogens (tertiary/aromatic N) is 1. The number of carbonyl (C=O) groups is 2. The van der Waals surface area contributed by atoms with Crippen molar-refractivity contribution in [2.24, 2.45) is 11.3 Å². The van der Waals surface area contributed by atoms with Gasteiger partial charge in [-0.1, -0.05) is 55.0 Å². The Kier molecular flexibility index (Phi) is 6.68. The molecule has 4 heteroatoms. The first-order valence-corrected chi connectivity index (χ1v) is 12.1. The topological polar surface area (TPSA) is 49.4 Å². The number of aryl methyl sites for hydroxylation is 1. The highest BCUT2D eigenvalue weighted by molar-refractivity contribution is 5.85. The molecular formula is C28H36N2O2. The van der Waals surface area contributed by atoms with Crippen molar-refractivity contribution in [3.63, 3.8) is 0 Å². The van der Waals surface area contributed by atoms with Gasteiger partial charge in [0.25, 0.3) is 0 Å². The number of likely N-dealkylation sites (tertiary alicyclic amines) is 1.